The topological polar surface area (TPSA) is 55.3 Å². The summed E-state index contributed by atoms with van der Waals surface area (Å²) in [4.78, 5) is 2.39. The van der Waals surface area contributed by atoms with Gasteiger partial charge in [0.2, 0.25) is 0 Å². The van der Waals surface area contributed by atoms with Crippen LogP contribution in [0, 0.1) is 0 Å². The van der Waals surface area contributed by atoms with Crippen LogP contribution in [0.4, 0.5) is 0 Å². The lowest BCUT2D eigenvalue weighted by molar-refractivity contribution is 0.341. The van der Waals surface area contributed by atoms with E-state index >= 15 is 0 Å². The summed E-state index contributed by atoms with van der Waals surface area (Å²) in [5.74, 6) is 0. The molecule has 4 N–H and O–H groups in total. The number of fused-ring (bicyclic) bond motifs is 3. The first-order chi connectivity index (χ1) is 11.3. The zero-order chi connectivity index (χ0) is 16.1. The molecule has 2 aromatic rings. The van der Waals surface area contributed by atoms with E-state index in [0.29, 0.717) is 0 Å². The van der Waals surface area contributed by atoms with E-state index in [1.54, 1.807) is 0 Å². The van der Waals surface area contributed by atoms with Gasteiger partial charge >= 0.3 is 0 Å². The van der Waals surface area contributed by atoms with Gasteiger partial charge in [-0.2, -0.15) is 0 Å². The van der Waals surface area contributed by atoms with Crippen molar-refractivity contribution >= 4 is 16.8 Å². The van der Waals surface area contributed by atoms with Crippen molar-refractivity contribution in [3.05, 3.63) is 53.7 Å². The minimum absolute atomic E-state index is 0.281. The van der Waals surface area contributed by atoms with Crippen LogP contribution in [0.2, 0.25) is 0 Å². The summed E-state index contributed by atoms with van der Waals surface area (Å²) in [7, 11) is 0. The van der Waals surface area contributed by atoms with E-state index in [-0.39, 0.29) is 6.04 Å². The molecule has 0 spiro atoms. The van der Waals surface area contributed by atoms with Crippen molar-refractivity contribution in [2.24, 2.45) is 11.5 Å². The summed E-state index contributed by atoms with van der Waals surface area (Å²) in [6.07, 6.45) is 8.77. The molecule has 0 aromatic heterocycles. The maximum Gasteiger partial charge on any atom is 0.0436 e. The van der Waals surface area contributed by atoms with Crippen LogP contribution in [0.15, 0.2) is 42.6 Å². The second kappa shape index (κ2) is 7.62. The van der Waals surface area contributed by atoms with E-state index < -0.39 is 0 Å². The molecule has 0 aliphatic carbocycles. The Morgan fingerprint density at radius 3 is 2.78 bits per heavy atom. The number of nitrogens with zero attached hydrogens (tertiary/aromatic N) is 1. The van der Waals surface area contributed by atoms with E-state index in [0.717, 1.165) is 45.3 Å². The van der Waals surface area contributed by atoms with Crippen molar-refractivity contribution < 1.29 is 0 Å². The second-order valence-corrected chi connectivity index (χ2v) is 6.47. The summed E-state index contributed by atoms with van der Waals surface area (Å²) in [6.45, 7) is 2.76. The van der Waals surface area contributed by atoms with Crippen molar-refractivity contribution in [1.82, 2.24) is 4.90 Å². The van der Waals surface area contributed by atoms with Gasteiger partial charge in [-0.25, -0.2) is 0 Å². The minimum Gasteiger partial charge on any atom is -0.373 e. The van der Waals surface area contributed by atoms with Gasteiger partial charge in [0.1, 0.15) is 0 Å². The third kappa shape index (κ3) is 3.92. The molecule has 3 nitrogen and oxygen atoms in total. The van der Waals surface area contributed by atoms with Gasteiger partial charge in [-0.3, -0.25) is 0 Å². The van der Waals surface area contributed by atoms with Gasteiger partial charge in [0.05, 0.1) is 0 Å². The van der Waals surface area contributed by atoms with Gasteiger partial charge in [-0.15, -0.1) is 0 Å². The Morgan fingerprint density at radius 1 is 1.04 bits per heavy atom. The Kier molecular flexibility index (Phi) is 5.31. The highest BCUT2D eigenvalue weighted by Crippen LogP contribution is 2.28. The van der Waals surface area contributed by atoms with Crippen LogP contribution < -0.4 is 11.5 Å². The summed E-state index contributed by atoms with van der Waals surface area (Å²) in [5.41, 5.74) is 14.5. The average Bonchev–Trinajstić information content (AvgIpc) is 2.60. The zero-order valence-corrected chi connectivity index (χ0v) is 13.7. The van der Waals surface area contributed by atoms with E-state index in [2.05, 4.69) is 53.6 Å². The standard InChI is InChI=1S/C20H27N3/c21-12-4-3-6-18(22)11-14-23-13-10-17-9-8-16-5-1-2-7-19(16)20(17)15-23/h1-2,5,7-10,13,18H,3-4,6,11-12,14-15,21-22H2. The molecular weight excluding hydrogens is 282 g/mol. The van der Waals surface area contributed by atoms with E-state index in [9.17, 15) is 0 Å². The molecule has 1 aliphatic heterocycles. The summed E-state index contributed by atoms with van der Waals surface area (Å²) in [5, 5.41) is 2.69. The Morgan fingerprint density at radius 2 is 1.91 bits per heavy atom. The fourth-order valence-electron chi connectivity index (χ4n) is 3.31. The lowest BCUT2D eigenvalue weighted by Crippen LogP contribution is -2.28. The molecular formula is C20H27N3. The molecule has 1 heterocycles. The molecule has 0 fully saturated rings. The maximum absolute atomic E-state index is 6.23. The van der Waals surface area contributed by atoms with Crippen LogP contribution in [-0.4, -0.2) is 24.0 Å². The number of benzene rings is 2. The van der Waals surface area contributed by atoms with E-state index in [1.807, 2.05) is 0 Å². The summed E-state index contributed by atoms with van der Waals surface area (Å²) in [6, 6.07) is 13.4. The largest absolute Gasteiger partial charge is 0.373 e. The lowest BCUT2D eigenvalue weighted by atomic mass is 9.96. The quantitative estimate of drug-likeness (QED) is 0.770. The molecule has 0 amide bonds. The monoisotopic (exact) mass is 309 g/mol. The molecule has 1 aliphatic rings. The average molecular weight is 309 g/mol. The van der Waals surface area contributed by atoms with Crippen molar-refractivity contribution in [3.63, 3.8) is 0 Å². The number of nitrogens with two attached hydrogens (primary N) is 2. The normalized spacial score (nSPS) is 15.0. The van der Waals surface area contributed by atoms with Crippen molar-refractivity contribution in [2.75, 3.05) is 13.1 Å². The van der Waals surface area contributed by atoms with Crippen LogP contribution in [0.3, 0.4) is 0 Å². The van der Waals surface area contributed by atoms with Gasteiger partial charge in [-0.1, -0.05) is 42.8 Å². The van der Waals surface area contributed by atoms with Crippen LogP contribution in [0.5, 0.6) is 0 Å². The first-order valence-electron chi connectivity index (χ1n) is 8.66. The van der Waals surface area contributed by atoms with Gasteiger partial charge in [0.15, 0.2) is 0 Å². The second-order valence-electron chi connectivity index (χ2n) is 6.47. The SMILES string of the molecule is NCCCCC(N)CCN1C=Cc2ccc3ccccc3c2C1. The Balaban J connectivity index is 1.63. The number of rotatable bonds is 7. The molecule has 2 aromatic carbocycles. The predicted molar refractivity (Wildman–Crippen MR) is 98.9 cm³/mol. The number of unbranched alkanes of at least 4 members (excludes halogenated alkanes) is 1. The zero-order valence-electron chi connectivity index (χ0n) is 13.7. The fourth-order valence-corrected chi connectivity index (χ4v) is 3.31. The van der Waals surface area contributed by atoms with Crippen LogP contribution in [0.1, 0.15) is 36.8 Å². The first-order valence-corrected chi connectivity index (χ1v) is 8.66. The van der Waals surface area contributed by atoms with Crippen LogP contribution in [-0.2, 0) is 6.54 Å². The highest BCUT2D eigenvalue weighted by Gasteiger charge is 2.14. The van der Waals surface area contributed by atoms with Gasteiger partial charge in [-0.05, 0) is 60.0 Å². The lowest BCUT2D eigenvalue weighted by Gasteiger charge is -2.27. The van der Waals surface area contributed by atoms with Gasteiger partial charge in [0, 0.05) is 19.1 Å². The smallest absolute Gasteiger partial charge is 0.0436 e. The highest BCUT2D eigenvalue weighted by molar-refractivity contribution is 5.89. The molecule has 0 saturated heterocycles. The Hall–Kier alpha value is -1.84. The summed E-state index contributed by atoms with van der Waals surface area (Å²) < 4.78 is 0. The molecule has 3 rings (SSSR count). The number of hydrogen-bond acceptors (Lipinski definition) is 3. The minimum atomic E-state index is 0.281. The van der Waals surface area contributed by atoms with Crippen molar-refractivity contribution in [3.8, 4) is 0 Å². The molecule has 0 radical (unpaired) electrons. The van der Waals surface area contributed by atoms with Gasteiger partial charge < -0.3 is 16.4 Å². The molecule has 1 unspecified atom stereocenters. The van der Waals surface area contributed by atoms with Crippen molar-refractivity contribution in [2.45, 2.75) is 38.3 Å². The maximum atomic E-state index is 6.23. The Labute approximate surface area is 139 Å². The Bertz CT molecular complexity index is 678. The highest BCUT2D eigenvalue weighted by atomic mass is 15.1. The fraction of sp³-hybridized carbons (Fsp3) is 0.400. The third-order valence-electron chi connectivity index (χ3n) is 4.72. The van der Waals surface area contributed by atoms with E-state index in [4.69, 9.17) is 11.5 Å². The molecule has 1 atom stereocenters. The van der Waals surface area contributed by atoms with Crippen LogP contribution in [0.25, 0.3) is 16.8 Å². The van der Waals surface area contributed by atoms with Crippen molar-refractivity contribution in [1.29, 1.82) is 0 Å². The molecule has 0 saturated carbocycles. The summed E-state index contributed by atoms with van der Waals surface area (Å²) >= 11 is 0. The molecule has 122 valence electrons. The first kappa shape index (κ1) is 16.0. The van der Waals surface area contributed by atoms with Gasteiger partial charge in [0.25, 0.3) is 0 Å². The van der Waals surface area contributed by atoms with E-state index in [1.165, 1.54) is 21.9 Å². The molecule has 0 bridgehead atoms. The third-order valence-corrected chi connectivity index (χ3v) is 4.72. The molecule has 3 heteroatoms. The number of hydrogen-bond donors (Lipinski definition) is 2. The predicted octanol–water partition coefficient (Wildman–Crippen LogP) is 3.47. The molecule has 23 heavy (non-hydrogen) atoms. The van der Waals surface area contributed by atoms with Crippen LogP contribution >= 0.6 is 0 Å².